The standard InChI is InChI=1S/C22H22N4O4/c27-19(10-5-12-26-21(29)15-6-1-2-7-16(15)22(26)30)24-17-8-3-4-9-18(17)25-13-11-23-20(28)14-25/h1-4,6-9H,5,10-14H2,(H,23,28)(H,24,27). The van der Waals surface area contributed by atoms with E-state index < -0.39 is 0 Å². The van der Waals surface area contributed by atoms with Gasteiger partial charge in [0.05, 0.1) is 29.0 Å². The van der Waals surface area contributed by atoms with Gasteiger partial charge in [0.15, 0.2) is 0 Å². The summed E-state index contributed by atoms with van der Waals surface area (Å²) in [6.45, 7) is 1.65. The molecule has 2 aliphatic rings. The molecule has 0 unspecified atom stereocenters. The highest BCUT2D eigenvalue weighted by molar-refractivity contribution is 6.21. The highest BCUT2D eigenvalue weighted by Gasteiger charge is 2.34. The van der Waals surface area contributed by atoms with Gasteiger partial charge in [-0.05, 0) is 30.7 Å². The number of para-hydroxylation sites is 2. The van der Waals surface area contributed by atoms with Crippen LogP contribution >= 0.6 is 0 Å². The van der Waals surface area contributed by atoms with Crippen LogP contribution in [0, 0.1) is 0 Å². The van der Waals surface area contributed by atoms with Crippen molar-refractivity contribution in [1.82, 2.24) is 10.2 Å². The summed E-state index contributed by atoms with van der Waals surface area (Å²) in [4.78, 5) is 52.0. The minimum Gasteiger partial charge on any atom is -0.359 e. The predicted molar refractivity (Wildman–Crippen MR) is 111 cm³/mol. The zero-order valence-electron chi connectivity index (χ0n) is 16.4. The van der Waals surface area contributed by atoms with Crippen LogP contribution in [-0.4, -0.2) is 54.7 Å². The number of fused-ring (bicyclic) bond motifs is 1. The lowest BCUT2D eigenvalue weighted by atomic mass is 10.1. The Morgan fingerprint density at radius 1 is 0.967 bits per heavy atom. The van der Waals surface area contributed by atoms with Crippen molar-refractivity contribution in [3.8, 4) is 0 Å². The summed E-state index contributed by atoms with van der Waals surface area (Å²) in [7, 11) is 0. The Morgan fingerprint density at radius 3 is 2.33 bits per heavy atom. The maximum Gasteiger partial charge on any atom is 0.261 e. The van der Waals surface area contributed by atoms with E-state index in [1.165, 1.54) is 4.90 Å². The topological polar surface area (TPSA) is 98.8 Å². The third kappa shape index (κ3) is 3.89. The smallest absolute Gasteiger partial charge is 0.261 e. The summed E-state index contributed by atoms with van der Waals surface area (Å²) < 4.78 is 0. The average Bonchev–Trinajstić information content (AvgIpc) is 2.99. The number of rotatable bonds is 6. The first kappa shape index (κ1) is 19.6. The molecule has 0 radical (unpaired) electrons. The van der Waals surface area contributed by atoms with E-state index in [1.807, 2.05) is 23.1 Å². The van der Waals surface area contributed by atoms with Gasteiger partial charge in [0, 0.05) is 26.1 Å². The fraction of sp³-hybridized carbons (Fsp3) is 0.273. The second kappa shape index (κ2) is 8.36. The fourth-order valence-electron chi connectivity index (χ4n) is 3.75. The monoisotopic (exact) mass is 406 g/mol. The molecule has 2 aromatic carbocycles. The van der Waals surface area contributed by atoms with E-state index in [0.717, 1.165) is 5.69 Å². The second-order valence-corrected chi connectivity index (χ2v) is 7.25. The van der Waals surface area contributed by atoms with Gasteiger partial charge in [0.25, 0.3) is 11.8 Å². The average molecular weight is 406 g/mol. The molecule has 0 atom stereocenters. The molecule has 2 N–H and O–H groups in total. The van der Waals surface area contributed by atoms with Crippen LogP contribution in [0.4, 0.5) is 11.4 Å². The normalized spacial score (nSPS) is 15.8. The summed E-state index contributed by atoms with van der Waals surface area (Å²) in [5.41, 5.74) is 2.25. The summed E-state index contributed by atoms with van der Waals surface area (Å²) >= 11 is 0. The largest absolute Gasteiger partial charge is 0.359 e. The quantitative estimate of drug-likeness (QED) is 0.711. The molecule has 8 heteroatoms. The molecule has 4 rings (SSSR count). The number of nitrogens with one attached hydrogen (secondary N) is 2. The summed E-state index contributed by atoms with van der Waals surface area (Å²) in [6, 6.07) is 14.1. The lowest BCUT2D eigenvalue weighted by molar-refractivity contribution is -0.120. The number of piperazine rings is 1. The van der Waals surface area contributed by atoms with E-state index in [2.05, 4.69) is 10.6 Å². The molecule has 30 heavy (non-hydrogen) atoms. The summed E-state index contributed by atoms with van der Waals surface area (Å²) in [5.74, 6) is -0.890. The molecule has 8 nitrogen and oxygen atoms in total. The zero-order valence-corrected chi connectivity index (χ0v) is 16.4. The molecule has 0 saturated carbocycles. The highest BCUT2D eigenvalue weighted by Crippen LogP contribution is 2.26. The van der Waals surface area contributed by atoms with Crippen LogP contribution in [0.5, 0.6) is 0 Å². The minimum atomic E-state index is -0.315. The third-order valence-corrected chi connectivity index (χ3v) is 5.22. The molecular weight excluding hydrogens is 384 g/mol. The van der Waals surface area contributed by atoms with E-state index in [9.17, 15) is 19.2 Å². The molecule has 2 aliphatic heterocycles. The second-order valence-electron chi connectivity index (χ2n) is 7.25. The van der Waals surface area contributed by atoms with Crippen LogP contribution < -0.4 is 15.5 Å². The Labute approximate surface area is 173 Å². The lowest BCUT2D eigenvalue weighted by Gasteiger charge is -2.30. The zero-order chi connectivity index (χ0) is 21.1. The van der Waals surface area contributed by atoms with Crippen molar-refractivity contribution in [1.29, 1.82) is 0 Å². The number of hydrogen-bond acceptors (Lipinski definition) is 5. The molecule has 4 amide bonds. The molecule has 1 saturated heterocycles. The van der Waals surface area contributed by atoms with Gasteiger partial charge in [-0.25, -0.2) is 0 Å². The van der Waals surface area contributed by atoms with Crippen LogP contribution in [0.15, 0.2) is 48.5 Å². The number of anilines is 2. The number of imide groups is 1. The number of benzene rings is 2. The van der Waals surface area contributed by atoms with Crippen molar-refractivity contribution in [2.24, 2.45) is 0 Å². The first-order chi connectivity index (χ1) is 14.5. The van der Waals surface area contributed by atoms with E-state index in [1.54, 1.807) is 30.3 Å². The molecule has 0 aromatic heterocycles. The van der Waals surface area contributed by atoms with E-state index in [4.69, 9.17) is 0 Å². The molecule has 2 aromatic rings. The number of amides is 4. The molecule has 0 spiro atoms. The van der Waals surface area contributed by atoms with Gasteiger partial charge in [0.2, 0.25) is 11.8 Å². The van der Waals surface area contributed by atoms with Gasteiger partial charge >= 0.3 is 0 Å². The lowest BCUT2D eigenvalue weighted by Crippen LogP contribution is -2.47. The van der Waals surface area contributed by atoms with Crippen molar-refractivity contribution < 1.29 is 19.2 Å². The van der Waals surface area contributed by atoms with Gasteiger partial charge in [-0.15, -0.1) is 0 Å². The third-order valence-electron chi connectivity index (χ3n) is 5.22. The van der Waals surface area contributed by atoms with Crippen molar-refractivity contribution in [3.05, 3.63) is 59.7 Å². The number of carbonyl (C=O) groups is 4. The minimum absolute atomic E-state index is 0.0525. The Balaban J connectivity index is 1.34. The van der Waals surface area contributed by atoms with Crippen LogP contribution in [0.2, 0.25) is 0 Å². The molecule has 2 heterocycles. The predicted octanol–water partition coefficient (Wildman–Crippen LogP) is 1.64. The van der Waals surface area contributed by atoms with E-state index in [0.29, 0.717) is 36.3 Å². The van der Waals surface area contributed by atoms with Crippen molar-refractivity contribution in [3.63, 3.8) is 0 Å². The van der Waals surface area contributed by atoms with Crippen LogP contribution in [0.3, 0.4) is 0 Å². The molecular formula is C22H22N4O4. The number of nitrogens with zero attached hydrogens (tertiary/aromatic N) is 2. The van der Waals surface area contributed by atoms with Gasteiger partial charge in [-0.2, -0.15) is 0 Å². The van der Waals surface area contributed by atoms with Crippen molar-refractivity contribution >= 4 is 35.0 Å². The number of hydrogen-bond donors (Lipinski definition) is 2. The Bertz CT molecular complexity index is 985. The van der Waals surface area contributed by atoms with Crippen molar-refractivity contribution in [2.75, 3.05) is 36.4 Å². The highest BCUT2D eigenvalue weighted by atomic mass is 16.2. The Hall–Kier alpha value is -3.68. The molecule has 0 aliphatic carbocycles. The van der Waals surface area contributed by atoms with E-state index >= 15 is 0 Å². The molecule has 0 bridgehead atoms. The first-order valence-electron chi connectivity index (χ1n) is 9.90. The van der Waals surface area contributed by atoms with Gasteiger partial charge < -0.3 is 15.5 Å². The summed E-state index contributed by atoms with van der Waals surface area (Å²) in [6.07, 6.45) is 0.536. The fourth-order valence-corrected chi connectivity index (χ4v) is 3.75. The van der Waals surface area contributed by atoms with Crippen LogP contribution in [0.1, 0.15) is 33.6 Å². The molecule has 154 valence electrons. The SMILES string of the molecule is O=C1CN(c2ccccc2NC(=O)CCCN2C(=O)c3ccccc3C2=O)CCN1. The Morgan fingerprint density at radius 2 is 1.63 bits per heavy atom. The van der Waals surface area contributed by atoms with Crippen LogP contribution in [-0.2, 0) is 9.59 Å². The van der Waals surface area contributed by atoms with Gasteiger partial charge in [-0.1, -0.05) is 24.3 Å². The number of carbonyl (C=O) groups excluding carboxylic acids is 4. The summed E-state index contributed by atoms with van der Waals surface area (Å²) in [5, 5.41) is 5.67. The van der Waals surface area contributed by atoms with Crippen molar-refractivity contribution in [2.45, 2.75) is 12.8 Å². The Kier molecular flexibility index (Phi) is 5.47. The van der Waals surface area contributed by atoms with Gasteiger partial charge in [-0.3, -0.25) is 24.1 Å². The first-order valence-corrected chi connectivity index (χ1v) is 9.90. The molecule has 1 fully saturated rings. The van der Waals surface area contributed by atoms with Crippen LogP contribution in [0.25, 0.3) is 0 Å². The van der Waals surface area contributed by atoms with E-state index in [-0.39, 0.29) is 43.1 Å². The maximum absolute atomic E-state index is 12.5. The van der Waals surface area contributed by atoms with Gasteiger partial charge in [0.1, 0.15) is 0 Å². The maximum atomic E-state index is 12.5.